The number of nitrogens with one attached hydrogen (secondary N) is 2. The van der Waals surface area contributed by atoms with E-state index in [1.165, 1.54) is 11.8 Å². The lowest BCUT2D eigenvalue weighted by molar-refractivity contribution is -0.139. The van der Waals surface area contributed by atoms with Crippen molar-refractivity contribution in [2.24, 2.45) is 0 Å². The topological polar surface area (TPSA) is 78.4 Å². The largest absolute Gasteiger partial charge is 0.480 e. The standard InChI is InChI=1S/C12H13BrCl2N2O3S/c1-21-3-2-9(11(18)19)16-12(20)17-10-7(14)4-6(13)5-8(10)15/h4-5,9H,2-3H2,1H3,(H,18,19)(H2,16,17,20). The number of hydrogen-bond donors (Lipinski definition) is 3. The van der Waals surface area contributed by atoms with Crippen molar-refractivity contribution >= 4 is 68.6 Å². The van der Waals surface area contributed by atoms with Crippen molar-refractivity contribution in [2.75, 3.05) is 17.3 Å². The minimum absolute atomic E-state index is 0.230. The Balaban J connectivity index is 2.74. The molecule has 9 heteroatoms. The average molecular weight is 416 g/mol. The van der Waals surface area contributed by atoms with Crippen LogP contribution in [0.15, 0.2) is 16.6 Å². The first-order valence-electron chi connectivity index (χ1n) is 5.79. The molecule has 1 aromatic rings. The molecule has 0 heterocycles. The number of carbonyl (C=O) groups excluding carboxylic acids is 1. The van der Waals surface area contributed by atoms with Gasteiger partial charge in [-0.25, -0.2) is 9.59 Å². The molecule has 0 aromatic heterocycles. The van der Waals surface area contributed by atoms with Gasteiger partial charge in [-0.15, -0.1) is 0 Å². The van der Waals surface area contributed by atoms with Gasteiger partial charge in [0, 0.05) is 4.47 Å². The monoisotopic (exact) mass is 414 g/mol. The Morgan fingerprint density at radius 3 is 2.43 bits per heavy atom. The van der Waals surface area contributed by atoms with Gasteiger partial charge in [0.15, 0.2) is 0 Å². The summed E-state index contributed by atoms with van der Waals surface area (Å²) in [4.78, 5) is 22.9. The van der Waals surface area contributed by atoms with Crippen molar-refractivity contribution in [2.45, 2.75) is 12.5 Å². The predicted molar refractivity (Wildman–Crippen MR) is 90.7 cm³/mol. The summed E-state index contributed by atoms with van der Waals surface area (Å²) < 4.78 is 0.673. The molecule has 1 rings (SSSR count). The average Bonchev–Trinajstić information content (AvgIpc) is 2.38. The molecule has 0 saturated carbocycles. The van der Waals surface area contributed by atoms with Crippen LogP contribution >= 0.6 is 50.9 Å². The molecule has 5 nitrogen and oxygen atoms in total. The number of carboxylic acids is 1. The molecule has 2 amide bonds. The first-order chi connectivity index (χ1) is 9.85. The van der Waals surface area contributed by atoms with E-state index in [9.17, 15) is 9.59 Å². The summed E-state index contributed by atoms with van der Waals surface area (Å²) in [6.45, 7) is 0. The van der Waals surface area contributed by atoms with Gasteiger partial charge in [-0.3, -0.25) is 0 Å². The van der Waals surface area contributed by atoms with Crippen LogP contribution < -0.4 is 10.6 Å². The second kappa shape index (κ2) is 8.73. The lowest BCUT2D eigenvalue weighted by Crippen LogP contribution is -2.43. The Labute approximate surface area is 144 Å². The zero-order valence-corrected chi connectivity index (χ0v) is 14.9. The lowest BCUT2D eigenvalue weighted by atomic mass is 10.2. The predicted octanol–water partition coefficient (Wildman–Crippen LogP) is 4.08. The fourth-order valence-electron chi connectivity index (χ4n) is 1.46. The van der Waals surface area contributed by atoms with Crippen LogP contribution in [0.3, 0.4) is 0 Å². The van der Waals surface area contributed by atoms with Gasteiger partial charge in [-0.2, -0.15) is 11.8 Å². The van der Waals surface area contributed by atoms with E-state index >= 15 is 0 Å². The van der Waals surface area contributed by atoms with E-state index < -0.39 is 18.0 Å². The molecule has 0 spiro atoms. The van der Waals surface area contributed by atoms with Gasteiger partial charge in [0.05, 0.1) is 15.7 Å². The molecule has 0 aliphatic heterocycles. The van der Waals surface area contributed by atoms with Crippen LogP contribution in [0.2, 0.25) is 10.0 Å². The number of carboxylic acid groups (broad SMARTS) is 1. The molecule has 0 aliphatic carbocycles. The van der Waals surface area contributed by atoms with Crippen molar-refractivity contribution in [1.29, 1.82) is 0 Å². The van der Waals surface area contributed by atoms with Crippen LogP contribution in [0.4, 0.5) is 10.5 Å². The maximum Gasteiger partial charge on any atom is 0.326 e. The molecule has 0 saturated heterocycles. The molecule has 116 valence electrons. The van der Waals surface area contributed by atoms with Crippen LogP contribution in [0.25, 0.3) is 0 Å². The summed E-state index contributed by atoms with van der Waals surface area (Å²) in [5.74, 6) is -0.468. The molecule has 0 fully saturated rings. The fraction of sp³-hybridized carbons (Fsp3) is 0.333. The van der Waals surface area contributed by atoms with E-state index in [1.807, 2.05) is 6.26 Å². The number of urea groups is 1. The summed E-state index contributed by atoms with van der Waals surface area (Å²) in [5.41, 5.74) is 0.230. The van der Waals surface area contributed by atoms with E-state index in [2.05, 4.69) is 26.6 Å². The quantitative estimate of drug-likeness (QED) is 0.653. The van der Waals surface area contributed by atoms with E-state index in [-0.39, 0.29) is 15.7 Å². The molecular weight excluding hydrogens is 403 g/mol. The van der Waals surface area contributed by atoms with Crippen molar-refractivity contribution in [3.8, 4) is 0 Å². The number of aliphatic carboxylic acids is 1. The first-order valence-corrected chi connectivity index (χ1v) is 8.73. The Morgan fingerprint density at radius 2 is 1.95 bits per heavy atom. The van der Waals surface area contributed by atoms with Gasteiger partial charge in [0.25, 0.3) is 0 Å². The number of carbonyl (C=O) groups is 2. The second-order valence-electron chi connectivity index (χ2n) is 4.02. The third kappa shape index (κ3) is 5.94. The van der Waals surface area contributed by atoms with Crippen molar-refractivity contribution in [3.63, 3.8) is 0 Å². The number of halogens is 3. The van der Waals surface area contributed by atoms with E-state index in [0.29, 0.717) is 16.6 Å². The van der Waals surface area contributed by atoms with Gasteiger partial charge in [-0.1, -0.05) is 39.1 Å². The SMILES string of the molecule is CSCCC(NC(=O)Nc1c(Cl)cc(Br)cc1Cl)C(=O)O. The third-order valence-electron chi connectivity index (χ3n) is 2.46. The van der Waals surface area contributed by atoms with Gasteiger partial charge in [0.1, 0.15) is 6.04 Å². The molecule has 1 unspecified atom stereocenters. The summed E-state index contributed by atoms with van der Waals surface area (Å²) >= 11 is 16.7. The number of hydrogen-bond acceptors (Lipinski definition) is 3. The molecule has 3 N–H and O–H groups in total. The zero-order chi connectivity index (χ0) is 16.0. The normalized spacial score (nSPS) is 11.8. The Bertz CT molecular complexity index is 522. The van der Waals surface area contributed by atoms with Crippen LogP contribution in [-0.2, 0) is 4.79 Å². The van der Waals surface area contributed by atoms with E-state index in [0.717, 1.165) is 0 Å². The molecule has 1 aromatic carbocycles. The van der Waals surface area contributed by atoms with Crippen LogP contribution in [0.5, 0.6) is 0 Å². The molecule has 1 atom stereocenters. The van der Waals surface area contributed by atoms with E-state index in [4.69, 9.17) is 28.3 Å². The number of amides is 2. The number of anilines is 1. The summed E-state index contributed by atoms with van der Waals surface area (Å²) in [6.07, 6.45) is 2.19. The maximum absolute atomic E-state index is 11.9. The molecule has 0 bridgehead atoms. The zero-order valence-electron chi connectivity index (χ0n) is 11.0. The number of benzene rings is 1. The van der Waals surface area contributed by atoms with Gasteiger partial charge >= 0.3 is 12.0 Å². The lowest BCUT2D eigenvalue weighted by Gasteiger charge is -2.16. The second-order valence-corrected chi connectivity index (χ2v) is 6.73. The first kappa shape index (κ1) is 18.4. The van der Waals surface area contributed by atoms with Crippen molar-refractivity contribution in [3.05, 3.63) is 26.7 Å². The highest BCUT2D eigenvalue weighted by Gasteiger charge is 2.20. The number of rotatable bonds is 6. The molecule has 0 radical (unpaired) electrons. The van der Waals surface area contributed by atoms with Crippen molar-refractivity contribution < 1.29 is 14.7 Å². The minimum Gasteiger partial charge on any atom is -0.480 e. The minimum atomic E-state index is -1.09. The van der Waals surface area contributed by atoms with Crippen LogP contribution in [0.1, 0.15) is 6.42 Å². The Hall–Kier alpha value is -0.630. The molecular formula is C12H13BrCl2N2O3S. The summed E-state index contributed by atoms with van der Waals surface area (Å²) in [5, 5.41) is 14.4. The van der Waals surface area contributed by atoms with Gasteiger partial charge in [0.2, 0.25) is 0 Å². The Morgan fingerprint density at radius 1 is 1.38 bits per heavy atom. The van der Waals surface area contributed by atoms with E-state index in [1.54, 1.807) is 12.1 Å². The van der Waals surface area contributed by atoms with Crippen LogP contribution in [0, 0.1) is 0 Å². The maximum atomic E-state index is 11.9. The smallest absolute Gasteiger partial charge is 0.326 e. The van der Waals surface area contributed by atoms with Crippen LogP contribution in [-0.4, -0.2) is 35.2 Å². The van der Waals surface area contributed by atoms with Gasteiger partial charge in [-0.05, 0) is 30.6 Å². The molecule has 0 aliphatic rings. The fourth-order valence-corrected chi connectivity index (χ4v) is 3.24. The van der Waals surface area contributed by atoms with Gasteiger partial charge < -0.3 is 15.7 Å². The summed E-state index contributed by atoms with van der Waals surface area (Å²) in [7, 11) is 0. The molecule has 21 heavy (non-hydrogen) atoms. The highest BCUT2D eigenvalue weighted by molar-refractivity contribution is 9.10. The highest BCUT2D eigenvalue weighted by atomic mass is 79.9. The Kier molecular flexibility index (Phi) is 7.65. The highest BCUT2D eigenvalue weighted by Crippen LogP contribution is 2.33. The van der Waals surface area contributed by atoms with Crippen molar-refractivity contribution in [1.82, 2.24) is 5.32 Å². The third-order valence-corrected chi connectivity index (χ3v) is 4.16. The number of thioether (sulfide) groups is 1. The summed E-state index contributed by atoms with van der Waals surface area (Å²) in [6, 6.07) is 1.51.